The summed E-state index contributed by atoms with van der Waals surface area (Å²) in [6, 6.07) is -3.26. The molecule has 0 aromatic rings. The molecule has 0 N–H and O–H groups in total. The molecule has 18 heavy (non-hydrogen) atoms. The molecule has 0 radical (unpaired) electrons. The predicted molar refractivity (Wildman–Crippen MR) is 42.8 cm³/mol. The summed E-state index contributed by atoms with van der Waals surface area (Å²) >= 11 is 0. The summed E-state index contributed by atoms with van der Waals surface area (Å²) in [7, 11) is -3.13. The van der Waals surface area contributed by atoms with Gasteiger partial charge in [0.25, 0.3) is 0 Å². The molecule has 1 unspecified atom stereocenters. The van der Waals surface area contributed by atoms with Crippen LogP contribution in [0.3, 0.4) is 0 Å². The first kappa shape index (κ1) is 16.7. The maximum absolute atomic E-state index is 12.2. The molecule has 5 nitrogen and oxygen atoms in total. The average Bonchev–Trinajstić information content (AvgIpc) is 2.10. The van der Waals surface area contributed by atoms with Crippen molar-refractivity contribution < 1.29 is 44.3 Å². The lowest BCUT2D eigenvalue weighted by molar-refractivity contribution is -0.288. The van der Waals surface area contributed by atoms with Gasteiger partial charge in [0.05, 0.1) is 7.11 Å². The zero-order valence-corrected chi connectivity index (χ0v) is 9.23. The minimum Gasteiger partial charge on any atom is -0.467 e. The molecule has 0 rings (SSSR count). The van der Waals surface area contributed by atoms with E-state index < -0.39 is 40.8 Å². The molecule has 106 valence electrons. The Kier molecular flexibility index (Phi) is 5.13. The van der Waals surface area contributed by atoms with Crippen molar-refractivity contribution in [2.75, 3.05) is 7.11 Å². The van der Waals surface area contributed by atoms with Crippen LogP contribution in [0.25, 0.3) is 0 Å². The van der Waals surface area contributed by atoms with Crippen molar-refractivity contribution in [2.45, 2.75) is 18.4 Å². The van der Waals surface area contributed by atoms with Crippen molar-refractivity contribution in [1.29, 1.82) is 0 Å². The molecular weight excluding hydrogens is 296 g/mol. The molecule has 0 saturated carbocycles. The third-order valence-electron chi connectivity index (χ3n) is 1.66. The Hall–Kier alpha value is -1.33. The SMILES string of the molecule is COC(=O)C(N=S(=O)=O)C(C(F)(F)F)C(F)(F)F. The van der Waals surface area contributed by atoms with E-state index >= 15 is 0 Å². The quantitative estimate of drug-likeness (QED) is 0.582. The number of esters is 1. The Morgan fingerprint density at radius 1 is 1.11 bits per heavy atom. The second-order valence-electron chi connectivity index (χ2n) is 2.85. The van der Waals surface area contributed by atoms with E-state index in [9.17, 15) is 39.6 Å². The molecule has 0 aliphatic rings. The molecule has 0 aliphatic heterocycles. The van der Waals surface area contributed by atoms with Crippen molar-refractivity contribution in [2.24, 2.45) is 10.3 Å². The van der Waals surface area contributed by atoms with Gasteiger partial charge in [-0.15, -0.1) is 0 Å². The van der Waals surface area contributed by atoms with Crippen molar-refractivity contribution in [3.05, 3.63) is 0 Å². The zero-order valence-electron chi connectivity index (χ0n) is 8.41. The molecule has 0 heterocycles. The van der Waals surface area contributed by atoms with Gasteiger partial charge in [-0.1, -0.05) is 0 Å². The number of carbonyl (C=O) groups excluding carboxylic acids is 1. The lowest BCUT2D eigenvalue weighted by Crippen LogP contribution is -2.47. The van der Waals surface area contributed by atoms with E-state index in [1.165, 1.54) is 0 Å². The van der Waals surface area contributed by atoms with Crippen LogP contribution in [0.1, 0.15) is 0 Å². The zero-order chi connectivity index (χ0) is 14.7. The maximum Gasteiger partial charge on any atom is 0.403 e. The van der Waals surface area contributed by atoms with Crippen LogP contribution in [-0.4, -0.2) is 39.9 Å². The molecule has 12 heteroatoms. The molecule has 0 aromatic carbocycles. The summed E-state index contributed by atoms with van der Waals surface area (Å²) in [5, 5.41) is 0. The molecule has 0 saturated heterocycles. The molecule has 0 fully saturated rings. The number of halogens is 6. The van der Waals surface area contributed by atoms with Crippen LogP contribution in [0, 0.1) is 5.92 Å². The third-order valence-corrected chi connectivity index (χ3v) is 2.06. The van der Waals surface area contributed by atoms with Gasteiger partial charge in [0.15, 0.2) is 12.0 Å². The Morgan fingerprint density at radius 2 is 1.50 bits per heavy atom. The average molecular weight is 301 g/mol. The fourth-order valence-corrected chi connectivity index (χ4v) is 1.39. The molecule has 1 atom stereocenters. The second-order valence-corrected chi connectivity index (χ2v) is 3.50. The topological polar surface area (TPSA) is 72.8 Å². The summed E-state index contributed by atoms with van der Waals surface area (Å²) in [5.41, 5.74) is 0. The number of nitrogens with zero attached hydrogens (tertiary/aromatic N) is 1. The van der Waals surface area contributed by atoms with E-state index in [-0.39, 0.29) is 0 Å². The Morgan fingerprint density at radius 3 is 1.72 bits per heavy atom. The summed E-state index contributed by atoms with van der Waals surface area (Å²) in [6.45, 7) is 0. The molecule has 0 bridgehead atoms. The van der Waals surface area contributed by atoms with Crippen LogP contribution in [-0.2, 0) is 20.0 Å². The molecule has 0 spiro atoms. The minimum absolute atomic E-state index is 0.502. The number of rotatable bonds is 3. The van der Waals surface area contributed by atoms with E-state index in [0.717, 1.165) is 0 Å². The molecular formula is C6H5F6NO4S. The van der Waals surface area contributed by atoms with Crippen LogP contribution >= 0.6 is 0 Å². The number of hydrogen-bond acceptors (Lipinski definition) is 5. The smallest absolute Gasteiger partial charge is 0.403 e. The summed E-state index contributed by atoms with van der Waals surface area (Å²) in [6.07, 6.45) is -11.8. The number of alkyl halides is 6. The Bertz CT molecular complexity index is 416. The van der Waals surface area contributed by atoms with E-state index in [1.54, 1.807) is 0 Å². The van der Waals surface area contributed by atoms with Crippen molar-refractivity contribution >= 4 is 16.5 Å². The van der Waals surface area contributed by atoms with Crippen molar-refractivity contribution in [3.63, 3.8) is 0 Å². The van der Waals surface area contributed by atoms with Gasteiger partial charge >= 0.3 is 28.8 Å². The highest BCUT2D eigenvalue weighted by atomic mass is 32.2. The van der Waals surface area contributed by atoms with Crippen LogP contribution in [0.15, 0.2) is 4.36 Å². The summed E-state index contributed by atoms with van der Waals surface area (Å²) in [5.74, 6) is -6.31. The van der Waals surface area contributed by atoms with Crippen molar-refractivity contribution in [3.8, 4) is 0 Å². The fourth-order valence-electron chi connectivity index (χ4n) is 0.997. The standard InChI is InChI=1S/C6H5F6NO4S/c1-17-4(14)2(13-18(15)16)3(5(7,8)9)6(10,11)12/h2-3H,1H3. The maximum atomic E-state index is 12.2. The van der Waals surface area contributed by atoms with Gasteiger partial charge in [-0.2, -0.15) is 39.1 Å². The number of carbonyl (C=O) groups is 1. The predicted octanol–water partition coefficient (Wildman–Crippen LogP) is 1.33. The van der Waals surface area contributed by atoms with E-state index in [0.29, 0.717) is 7.11 Å². The van der Waals surface area contributed by atoms with Crippen LogP contribution in [0.5, 0.6) is 0 Å². The van der Waals surface area contributed by atoms with Crippen LogP contribution in [0.2, 0.25) is 0 Å². The Labute approximate surface area is 97.4 Å². The van der Waals surface area contributed by atoms with Gasteiger partial charge < -0.3 is 4.74 Å². The molecule has 0 aromatic heterocycles. The first-order valence-electron chi connectivity index (χ1n) is 3.92. The van der Waals surface area contributed by atoms with E-state index in [4.69, 9.17) is 0 Å². The summed E-state index contributed by atoms with van der Waals surface area (Å²) in [4.78, 5) is 10.8. The number of methoxy groups -OCH3 is 1. The second kappa shape index (κ2) is 5.54. The Balaban J connectivity index is 5.80. The van der Waals surface area contributed by atoms with Crippen molar-refractivity contribution in [1.82, 2.24) is 0 Å². The number of ether oxygens (including phenoxy) is 1. The lowest BCUT2D eigenvalue weighted by Gasteiger charge is -2.25. The van der Waals surface area contributed by atoms with Gasteiger partial charge in [-0.05, 0) is 0 Å². The normalized spacial score (nSPS) is 14.2. The van der Waals surface area contributed by atoms with Gasteiger partial charge in [-0.3, -0.25) is 0 Å². The lowest BCUT2D eigenvalue weighted by atomic mass is 9.99. The first-order valence-corrected chi connectivity index (χ1v) is 4.96. The molecule has 0 aliphatic carbocycles. The highest BCUT2D eigenvalue weighted by Gasteiger charge is 2.63. The van der Waals surface area contributed by atoms with E-state index in [1.807, 2.05) is 0 Å². The van der Waals surface area contributed by atoms with Gasteiger partial charge in [-0.25, -0.2) is 4.79 Å². The number of hydrogen-bond donors (Lipinski definition) is 0. The highest BCUT2D eigenvalue weighted by molar-refractivity contribution is 7.61. The molecule has 0 amide bonds. The first-order chi connectivity index (χ1) is 7.91. The highest BCUT2D eigenvalue weighted by Crippen LogP contribution is 2.42. The van der Waals surface area contributed by atoms with Crippen LogP contribution < -0.4 is 0 Å². The monoisotopic (exact) mass is 301 g/mol. The van der Waals surface area contributed by atoms with E-state index in [2.05, 4.69) is 9.10 Å². The van der Waals surface area contributed by atoms with Crippen LogP contribution in [0.4, 0.5) is 26.3 Å². The largest absolute Gasteiger partial charge is 0.467 e. The third kappa shape index (κ3) is 4.50. The fraction of sp³-hybridized carbons (Fsp3) is 0.833. The van der Waals surface area contributed by atoms with Gasteiger partial charge in [0.1, 0.15) is 0 Å². The minimum atomic E-state index is -5.90. The van der Waals surface area contributed by atoms with Gasteiger partial charge in [0.2, 0.25) is 0 Å². The van der Waals surface area contributed by atoms with Gasteiger partial charge in [0, 0.05) is 0 Å². The summed E-state index contributed by atoms with van der Waals surface area (Å²) < 4.78 is 99.3.